The first-order valence-electron chi connectivity index (χ1n) is 7.51. The normalized spacial score (nSPS) is 11.5. The van der Waals surface area contributed by atoms with Crippen molar-refractivity contribution in [1.29, 1.82) is 0 Å². The van der Waals surface area contributed by atoms with Crippen molar-refractivity contribution in [3.05, 3.63) is 64.1 Å². The van der Waals surface area contributed by atoms with Crippen LogP contribution in [0.25, 0.3) is 11.0 Å². The summed E-state index contributed by atoms with van der Waals surface area (Å²) in [5, 5.41) is 0.817. The van der Waals surface area contributed by atoms with Crippen LogP contribution in [0.2, 0.25) is 0 Å². The van der Waals surface area contributed by atoms with Crippen LogP contribution in [-0.2, 0) is 0 Å². The van der Waals surface area contributed by atoms with E-state index in [0.29, 0.717) is 17.9 Å². The summed E-state index contributed by atoms with van der Waals surface area (Å²) in [5.74, 6) is 0.570. The molecule has 0 aliphatic carbocycles. The Kier molecular flexibility index (Phi) is 5.59. The van der Waals surface area contributed by atoms with E-state index in [0.717, 1.165) is 18.2 Å². The molecular weight excluding hydrogens is 276 g/mol. The molecule has 0 bridgehead atoms. The summed E-state index contributed by atoms with van der Waals surface area (Å²) < 4.78 is 10.9. The molecule has 3 nitrogen and oxygen atoms in total. The van der Waals surface area contributed by atoms with Crippen LogP contribution in [0.5, 0.6) is 5.75 Å². The summed E-state index contributed by atoms with van der Waals surface area (Å²) in [6, 6.07) is 8.79. The Balaban J connectivity index is 2.03. The molecule has 3 heteroatoms. The summed E-state index contributed by atoms with van der Waals surface area (Å²) >= 11 is 0. The number of allylic oxidation sites excluding steroid dienone is 3. The Hall–Kier alpha value is -2.29. The van der Waals surface area contributed by atoms with Crippen molar-refractivity contribution in [3.8, 4) is 5.75 Å². The van der Waals surface area contributed by atoms with Crippen LogP contribution in [0.15, 0.2) is 62.8 Å². The minimum atomic E-state index is -0.391. The molecule has 0 atom stereocenters. The Bertz CT molecular complexity index is 747. The van der Waals surface area contributed by atoms with Gasteiger partial charge < -0.3 is 9.15 Å². The van der Waals surface area contributed by atoms with E-state index in [2.05, 4.69) is 32.9 Å². The molecule has 0 fully saturated rings. The Morgan fingerprint density at radius 2 is 1.95 bits per heavy atom. The van der Waals surface area contributed by atoms with Gasteiger partial charge in [0.2, 0.25) is 0 Å². The third-order valence-electron chi connectivity index (χ3n) is 3.37. The van der Waals surface area contributed by atoms with E-state index in [4.69, 9.17) is 9.15 Å². The lowest BCUT2D eigenvalue weighted by atomic mass is 10.1. The van der Waals surface area contributed by atoms with Crippen LogP contribution < -0.4 is 10.4 Å². The molecule has 0 radical (unpaired) electrons. The van der Waals surface area contributed by atoms with Crippen molar-refractivity contribution in [2.45, 2.75) is 33.6 Å². The molecule has 2 aromatic rings. The SMILES string of the molecule is CC(C)=CCC/C(C)=C\COc1cc(=O)oc2ccccc12. The van der Waals surface area contributed by atoms with Crippen LogP contribution in [-0.4, -0.2) is 6.61 Å². The first-order chi connectivity index (χ1) is 10.6. The highest BCUT2D eigenvalue weighted by atomic mass is 16.5. The van der Waals surface area contributed by atoms with Crippen molar-refractivity contribution < 1.29 is 9.15 Å². The van der Waals surface area contributed by atoms with E-state index in [1.54, 1.807) is 6.07 Å². The van der Waals surface area contributed by atoms with Gasteiger partial charge in [0.1, 0.15) is 17.9 Å². The maximum Gasteiger partial charge on any atom is 0.339 e. The molecule has 0 saturated carbocycles. The number of benzene rings is 1. The van der Waals surface area contributed by atoms with Crippen molar-refractivity contribution in [1.82, 2.24) is 0 Å². The molecule has 2 rings (SSSR count). The van der Waals surface area contributed by atoms with E-state index in [9.17, 15) is 4.79 Å². The molecule has 0 spiro atoms. The van der Waals surface area contributed by atoms with Crippen LogP contribution in [0, 0.1) is 0 Å². The summed E-state index contributed by atoms with van der Waals surface area (Å²) in [6.07, 6.45) is 6.35. The Morgan fingerprint density at radius 3 is 2.73 bits per heavy atom. The summed E-state index contributed by atoms with van der Waals surface area (Å²) in [6.45, 7) is 6.76. The van der Waals surface area contributed by atoms with E-state index < -0.39 is 5.63 Å². The zero-order valence-electron chi connectivity index (χ0n) is 13.4. The Morgan fingerprint density at radius 1 is 1.18 bits per heavy atom. The molecule has 1 heterocycles. The van der Waals surface area contributed by atoms with E-state index >= 15 is 0 Å². The number of hydrogen-bond donors (Lipinski definition) is 0. The van der Waals surface area contributed by atoms with Gasteiger partial charge in [0.05, 0.1) is 11.5 Å². The van der Waals surface area contributed by atoms with E-state index in [1.165, 1.54) is 17.2 Å². The van der Waals surface area contributed by atoms with Gasteiger partial charge in [0.25, 0.3) is 0 Å². The van der Waals surface area contributed by atoms with Gasteiger partial charge in [-0.25, -0.2) is 4.79 Å². The van der Waals surface area contributed by atoms with Crippen LogP contribution in [0.1, 0.15) is 33.6 Å². The van der Waals surface area contributed by atoms with Gasteiger partial charge in [-0.2, -0.15) is 0 Å². The summed E-state index contributed by atoms with van der Waals surface area (Å²) in [7, 11) is 0. The number of ether oxygens (including phenoxy) is 1. The third kappa shape index (κ3) is 4.62. The highest BCUT2D eigenvalue weighted by molar-refractivity contribution is 5.82. The smallest absolute Gasteiger partial charge is 0.339 e. The minimum Gasteiger partial charge on any atom is -0.488 e. The maximum atomic E-state index is 11.5. The second kappa shape index (κ2) is 7.64. The zero-order valence-corrected chi connectivity index (χ0v) is 13.4. The number of hydrogen-bond acceptors (Lipinski definition) is 3. The van der Waals surface area contributed by atoms with Gasteiger partial charge in [0.15, 0.2) is 0 Å². The number of fused-ring (bicyclic) bond motifs is 1. The lowest BCUT2D eigenvalue weighted by molar-refractivity contribution is 0.362. The minimum absolute atomic E-state index is 0.391. The lowest BCUT2D eigenvalue weighted by Crippen LogP contribution is -2.02. The Labute approximate surface area is 130 Å². The fraction of sp³-hybridized carbons (Fsp3) is 0.316. The van der Waals surface area contributed by atoms with Gasteiger partial charge in [-0.05, 0) is 51.8 Å². The predicted molar refractivity (Wildman–Crippen MR) is 90.4 cm³/mol. The van der Waals surface area contributed by atoms with Gasteiger partial charge in [-0.15, -0.1) is 0 Å². The van der Waals surface area contributed by atoms with Crippen molar-refractivity contribution >= 4 is 11.0 Å². The molecule has 0 saturated heterocycles. The molecule has 0 unspecified atom stereocenters. The molecular formula is C19H22O3. The largest absolute Gasteiger partial charge is 0.488 e. The van der Waals surface area contributed by atoms with Gasteiger partial charge in [-0.1, -0.05) is 29.4 Å². The molecule has 22 heavy (non-hydrogen) atoms. The second-order valence-corrected chi connectivity index (χ2v) is 5.61. The molecule has 116 valence electrons. The third-order valence-corrected chi connectivity index (χ3v) is 3.37. The van der Waals surface area contributed by atoms with Gasteiger partial charge in [0, 0.05) is 0 Å². The maximum absolute atomic E-state index is 11.5. The molecule has 1 aromatic carbocycles. The molecule has 1 aromatic heterocycles. The van der Waals surface area contributed by atoms with Gasteiger partial charge in [-0.3, -0.25) is 0 Å². The number of rotatable bonds is 6. The molecule has 0 N–H and O–H groups in total. The second-order valence-electron chi connectivity index (χ2n) is 5.61. The van der Waals surface area contributed by atoms with Crippen LogP contribution >= 0.6 is 0 Å². The summed E-state index contributed by atoms with van der Waals surface area (Å²) in [4.78, 5) is 11.5. The highest BCUT2D eigenvalue weighted by Gasteiger charge is 2.05. The van der Waals surface area contributed by atoms with Gasteiger partial charge >= 0.3 is 5.63 Å². The van der Waals surface area contributed by atoms with Crippen molar-refractivity contribution in [2.75, 3.05) is 6.61 Å². The van der Waals surface area contributed by atoms with Crippen LogP contribution in [0.3, 0.4) is 0 Å². The monoisotopic (exact) mass is 298 g/mol. The van der Waals surface area contributed by atoms with E-state index in [-0.39, 0.29) is 0 Å². The van der Waals surface area contributed by atoms with Crippen molar-refractivity contribution in [3.63, 3.8) is 0 Å². The van der Waals surface area contributed by atoms with Crippen LogP contribution in [0.4, 0.5) is 0 Å². The fourth-order valence-corrected chi connectivity index (χ4v) is 2.17. The fourth-order valence-electron chi connectivity index (χ4n) is 2.17. The first kappa shape index (κ1) is 16.1. The lowest BCUT2D eigenvalue weighted by Gasteiger charge is -2.07. The quantitative estimate of drug-likeness (QED) is 0.564. The first-order valence-corrected chi connectivity index (χ1v) is 7.51. The van der Waals surface area contributed by atoms with E-state index in [1.807, 2.05) is 18.2 Å². The predicted octanol–water partition coefficient (Wildman–Crippen LogP) is 4.86. The zero-order chi connectivity index (χ0) is 15.9. The molecule has 0 amide bonds. The molecule has 0 aliphatic rings. The average molecular weight is 298 g/mol. The molecule has 0 aliphatic heterocycles. The number of para-hydroxylation sites is 1. The van der Waals surface area contributed by atoms with Crippen molar-refractivity contribution in [2.24, 2.45) is 0 Å². The standard InChI is InChI=1S/C19H22O3/c1-14(2)7-6-8-15(3)11-12-21-18-13-19(20)22-17-10-5-4-9-16(17)18/h4-5,7,9-11,13H,6,8,12H2,1-3H3/b15-11-. The average Bonchev–Trinajstić information content (AvgIpc) is 2.46. The highest BCUT2D eigenvalue weighted by Crippen LogP contribution is 2.23. The summed E-state index contributed by atoms with van der Waals surface area (Å²) in [5.41, 5.74) is 2.78. The topological polar surface area (TPSA) is 39.4 Å².